The lowest BCUT2D eigenvalue weighted by molar-refractivity contribution is 0.0000677. The van der Waals surface area contributed by atoms with Crippen molar-refractivity contribution in [1.29, 1.82) is 0 Å². The number of hydrogen-bond acceptors (Lipinski definition) is 6. The maximum atomic E-state index is 12.8. The summed E-state index contributed by atoms with van der Waals surface area (Å²) in [5, 5.41) is 12.3. The fourth-order valence-corrected chi connectivity index (χ4v) is 4.21. The fourth-order valence-electron chi connectivity index (χ4n) is 4.21. The molecule has 1 amide bonds. The van der Waals surface area contributed by atoms with Crippen LogP contribution in [0.4, 0.5) is 5.69 Å². The van der Waals surface area contributed by atoms with Gasteiger partial charge in [0, 0.05) is 61.9 Å². The minimum atomic E-state index is -0.988. The first kappa shape index (κ1) is 20.3. The van der Waals surface area contributed by atoms with Gasteiger partial charge in [-0.25, -0.2) is 0 Å². The largest absolute Gasteiger partial charge is 0.386 e. The Kier molecular flexibility index (Phi) is 5.65. The van der Waals surface area contributed by atoms with Crippen LogP contribution in [0.15, 0.2) is 55.0 Å². The quantitative estimate of drug-likeness (QED) is 0.676. The van der Waals surface area contributed by atoms with Crippen molar-refractivity contribution in [3.05, 3.63) is 66.1 Å². The molecular weight excluding hydrogens is 378 g/mol. The van der Waals surface area contributed by atoms with Gasteiger partial charge in [-0.1, -0.05) is 12.1 Å². The van der Waals surface area contributed by atoms with Crippen LogP contribution in [0.2, 0.25) is 0 Å². The molecule has 2 aromatic heterocycles. The molecule has 0 saturated carbocycles. The van der Waals surface area contributed by atoms with E-state index in [2.05, 4.69) is 14.9 Å². The van der Waals surface area contributed by atoms with E-state index in [1.807, 2.05) is 30.5 Å². The van der Waals surface area contributed by atoms with E-state index in [4.69, 9.17) is 5.73 Å². The molecule has 1 unspecified atom stereocenters. The predicted molar refractivity (Wildman–Crippen MR) is 117 cm³/mol. The van der Waals surface area contributed by atoms with Gasteiger partial charge in [0.15, 0.2) is 0 Å². The van der Waals surface area contributed by atoms with Gasteiger partial charge in [0.1, 0.15) is 0 Å². The molecule has 1 atom stereocenters. The molecule has 4 rings (SSSR count). The van der Waals surface area contributed by atoms with Gasteiger partial charge in [0.25, 0.3) is 5.91 Å². The molecule has 1 aromatic carbocycles. The summed E-state index contributed by atoms with van der Waals surface area (Å²) < 4.78 is 0. The van der Waals surface area contributed by atoms with E-state index < -0.39 is 5.60 Å². The molecule has 30 heavy (non-hydrogen) atoms. The van der Waals surface area contributed by atoms with Crippen LogP contribution in [0.3, 0.4) is 0 Å². The highest BCUT2D eigenvalue weighted by molar-refractivity contribution is 5.94. The third-order valence-corrected chi connectivity index (χ3v) is 5.73. The molecule has 0 aliphatic carbocycles. The van der Waals surface area contributed by atoms with Gasteiger partial charge in [0.2, 0.25) is 0 Å². The summed E-state index contributed by atoms with van der Waals surface area (Å²) in [5.41, 5.74) is 8.11. The van der Waals surface area contributed by atoms with Gasteiger partial charge < -0.3 is 20.6 Å². The Hall–Kier alpha value is -3.03. The van der Waals surface area contributed by atoms with Crippen LogP contribution in [0.25, 0.3) is 10.9 Å². The summed E-state index contributed by atoms with van der Waals surface area (Å²) >= 11 is 0. The minimum absolute atomic E-state index is 0.109. The number of pyridine rings is 2. The van der Waals surface area contributed by atoms with Crippen molar-refractivity contribution in [3.8, 4) is 0 Å². The average Bonchev–Trinajstić information content (AvgIpc) is 2.78. The Morgan fingerprint density at radius 1 is 1.23 bits per heavy atom. The first-order chi connectivity index (χ1) is 14.5. The van der Waals surface area contributed by atoms with E-state index in [0.717, 1.165) is 35.1 Å². The van der Waals surface area contributed by atoms with Crippen LogP contribution >= 0.6 is 0 Å². The monoisotopic (exact) mass is 405 g/mol. The van der Waals surface area contributed by atoms with Crippen LogP contribution < -0.4 is 10.6 Å². The Morgan fingerprint density at radius 2 is 2.03 bits per heavy atom. The van der Waals surface area contributed by atoms with Crippen molar-refractivity contribution in [1.82, 2.24) is 14.9 Å². The molecule has 156 valence electrons. The summed E-state index contributed by atoms with van der Waals surface area (Å²) in [6, 6.07) is 11.1. The number of carbonyl (C=O) groups is 1. The number of rotatable bonds is 5. The van der Waals surface area contributed by atoms with Crippen molar-refractivity contribution in [3.63, 3.8) is 0 Å². The van der Waals surface area contributed by atoms with Gasteiger partial charge in [-0.2, -0.15) is 0 Å². The smallest absolute Gasteiger partial charge is 0.253 e. The minimum Gasteiger partial charge on any atom is -0.386 e. The van der Waals surface area contributed by atoms with E-state index in [-0.39, 0.29) is 12.5 Å². The SMILES string of the molecule is CN(CC1(O)CCCN(c2ccnc3ccncc23)C1)C(=O)c1ccc(CN)cc1. The molecule has 7 nitrogen and oxygen atoms in total. The first-order valence-electron chi connectivity index (χ1n) is 10.2. The molecule has 1 saturated heterocycles. The molecule has 1 fully saturated rings. The number of β-amino-alcohol motifs (C(OH)–C–C–N with tert-alkyl or cyclic N) is 1. The van der Waals surface area contributed by atoms with E-state index in [1.165, 1.54) is 0 Å². The number of amides is 1. The number of benzene rings is 1. The van der Waals surface area contributed by atoms with E-state index in [9.17, 15) is 9.90 Å². The third-order valence-electron chi connectivity index (χ3n) is 5.73. The lowest BCUT2D eigenvalue weighted by Crippen LogP contribution is -2.54. The van der Waals surface area contributed by atoms with Gasteiger partial charge in [0.05, 0.1) is 17.7 Å². The normalized spacial score (nSPS) is 19.1. The summed E-state index contributed by atoms with van der Waals surface area (Å²) in [5.74, 6) is -0.109. The molecule has 3 N–H and O–H groups in total. The molecular formula is C23H27N5O2. The van der Waals surface area contributed by atoms with Crippen LogP contribution in [-0.2, 0) is 6.54 Å². The van der Waals surface area contributed by atoms with Crippen LogP contribution in [0, 0.1) is 0 Å². The molecule has 7 heteroatoms. The number of aliphatic hydroxyl groups is 1. The maximum Gasteiger partial charge on any atom is 0.253 e. The summed E-state index contributed by atoms with van der Waals surface area (Å²) in [6.45, 7) is 2.00. The molecule has 3 aromatic rings. The van der Waals surface area contributed by atoms with Gasteiger partial charge in [-0.3, -0.25) is 14.8 Å². The van der Waals surface area contributed by atoms with Crippen molar-refractivity contribution < 1.29 is 9.90 Å². The number of anilines is 1. The number of fused-ring (bicyclic) bond motifs is 1. The maximum absolute atomic E-state index is 12.8. The second-order valence-corrected chi connectivity index (χ2v) is 8.03. The molecule has 1 aliphatic heterocycles. The van der Waals surface area contributed by atoms with Crippen molar-refractivity contribution >= 4 is 22.5 Å². The Bertz CT molecular complexity index is 1030. The highest BCUT2D eigenvalue weighted by Gasteiger charge is 2.36. The number of hydrogen-bond donors (Lipinski definition) is 2. The molecule has 1 aliphatic rings. The standard InChI is InChI=1S/C23H27N5O2/c1-27(22(29)18-5-3-17(13-24)4-6-18)15-23(30)9-2-12-28(16-23)21-8-11-26-20-7-10-25-14-19(20)21/h3-8,10-11,14,30H,2,9,12-13,15-16,24H2,1H3. The van der Waals surface area contributed by atoms with E-state index in [0.29, 0.717) is 25.1 Å². The van der Waals surface area contributed by atoms with Gasteiger partial charge in [-0.15, -0.1) is 0 Å². The zero-order valence-electron chi connectivity index (χ0n) is 17.2. The second-order valence-electron chi connectivity index (χ2n) is 8.03. The van der Waals surface area contributed by atoms with Crippen LogP contribution in [0.5, 0.6) is 0 Å². The summed E-state index contributed by atoms with van der Waals surface area (Å²) in [6.07, 6.45) is 6.81. The van der Waals surface area contributed by atoms with Crippen LogP contribution in [-0.4, -0.2) is 58.2 Å². The number of nitrogens with two attached hydrogens (primary N) is 1. The Labute approximate surface area is 176 Å². The molecule has 0 bridgehead atoms. The van der Waals surface area contributed by atoms with Crippen molar-refractivity contribution in [2.75, 3.05) is 31.6 Å². The Balaban J connectivity index is 1.50. The zero-order valence-corrected chi connectivity index (χ0v) is 17.2. The highest BCUT2D eigenvalue weighted by Crippen LogP contribution is 2.31. The zero-order chi connectivity index (χ0) is 21.1. The predicted octanol–water partition coefficient (Wildman–Crippen LogP) is 2.19. The number of piperidine rings is 1. The summed E-state index contributed by atoms with van der Waals surface area (Å²) in [4.78, 5) is 25.2. The van der Waals surface area contributed by atoms with Crippen molar-refractivity contribution in [2.24, 2.45) is 5.73 Å². The fraction of sp³-hybridized carbons (Fsp3) is 0.348. The van der Waals surface area contributed by atoms with E-state index in [1.54, 1.807) is 36.5 Å². The number of aromatic nitrogens is 2. The average molecular weight is 406 g/mol. The van der Waals surface area contributed by atoms with Crippen molar-refractivity contribution in [2.45, 2.75) is 25.0 Å². The lowest BCUT2D eigenvalue weighted by atomic mass is 9.91. The number of nitrogens with zero attached hydrogens (tertiary/aromatic N) is 4. The third kappa shape index (κ3) is 4.13. The van der Waals surface area contributed by atoms with Crippen LogP contribution in [0.1, 0.15) is 28.8 Å². The van der Waals surface area contributed by atoms with E-state index >= 15 is 0 Å². The second kappa shape index (κ2) is 8.38. The highest BCUT2D eigenvalue weighted by atomic mass is 16.3. The van der Waals surface area contributed by atoms with Gasteiger partial charge in [-0.05, 0) is 42.7 Å². The lowest BCUT2D eigenvalue weighted by Gasteiger charge is -2.42. The summed E-state index contributed by atoms with van der Waals surface area (Å²) in [7, 11) is 1.74. The molecule has 3 heterocycles. The van der Waals surface area contributed by atoms with Gasteiger partial charge >= 0.3 is 0 Å². The Morgan fingerprint density at radius 3 is 2.80 bits per heavy atom. The first-order valence-corrected chi connectivity index (χ1v) is 10.2. The number of likely N-dealkylation sites (N-methyl/N-ethyl adjacent to an activating group) is 1. The number of carbonyl (C=O) groups excluding carboxylic acids is 1. The topological polar surface area (TPSA) is 95.6 Å². The molecule has 0 spiro atoms. The molecule has 0 radical (unpaired) electrons.